The number of ether oxygens (including phenoxy) is 1. The fourth-order valence-electron chi connectivity index (χ4n) is 1.12. The third kappa shape index (κ3) is 4.87. The van der Waals surface area contributed by atoms with Gasteiger partial charge in [-0.1, -0.05) is 22.9 Å². The number of aryl methyl sites for hydroxylation is 1. The Labute approximate surface area is 116 Å². The first kappa shape index (κ1) is 14.7. The van der Waals surface area contributed by atoms with Gasteiger partial charge < -0.3 is 4.74 Å². The molecule has 98 valence electrons. The highest BCUT2D eigenvalue weighted by Crippen LogP contribution is 2.21. The van der Waals surface area contributed by atoms with Crippen LogP contribution < -0.4 is 10.2 Å². The molecule has 0 fully saturated rings. The van der Waals surface area contributed by atoms with E-state index in [2.05, 4.69) is 26.5 Å². The third-order valence-electron chi connectivity index (χ3n) is 2.38. The van der Waals surface area contributed by atoms with Gasteiger partial charge in [0.15, 0.2) is 6.61 Å². The van der Waals surface area contributed by atoms with E-state index in [0.29, 0.717) is 5.75 Å². The van der Waals surface area contributed by atoms with Crippen LogP contribution in [-0.4, -0.2) is 18.2 Å². The number of rotatable bonds is 5. The number of nitrogens with one attached hydrogen (secondary N) is 1. The Morgan fingerprint density at radius 2 is 2.22 bits per heavy atom. The monoisotopic (exact) mass is 312 g/mol. The van der Waals surface area contributed by atoms with Gasteiger partial charge in [-0.15, -0.1) is 0 Å². The quantitative estimate of drug-likeness (QED) is 0.671. The topological polar surface area (TPSA) is 50.7 Å². The predicted molar refractivity (Wildman–Crippen MR) is 75.9 cm³/mol. The average molecular weight is 313 g/mol. The molecule has 0 spiro atoms. The minimum Gasteiger partial charge on any atom is -0.484 e. The van der Waals surface area contributed by atoms with Gasteiger partial charge in [0.1, 0.15) is 5.75 Å². The molecular formula is C13H17BrN2O2. The number of halogens is 1. The molecule has 1 aromatic rings. The molecule has 0 heterocycles. The van der Waals surface area contributed by atoms with E-state index in [9.17, 15) is 4.79 Å². The summed E-state index contributed by atoms with van der Waals surface area (Å²) in [6, 6.07) is 5.57. The van der Waals surface area contributed by atoms with E-state index in [-0.39, 0.29) is 12.5 Å². The van der Waals surface area contributed by atoms with Gasteiger partial charge in [-0.2, -0.15) is 5.10 Å². The Morgan fingerprint density at radius 3 is 2.83 bits per heavy atom. The molecule has 0 aromatic heterocycles. The lowest BCUT2D eigenvalue weighted by molar-refractivity contribution is -0.123. The van der Waals surface area contributed by atoms with Crippen LogP contribution in [0.4, 0.5) is 0 Å². The maximum Gasteiger partial charge on any atom is 0.277 e. The molecule has 0 aliphatic carbocycles. The van der Waals surface area contributed by atoms with Gasteiger partial charge >= 0.3 is 0 Å². The highest BCUT2D eigenvalue weighted by molar-refractivity contribution is 9.10. The summed E-state index contributed by atoms with van der Waals surface area (Å²) in [5.41, 5.74) is 4.38. The first-order valence-corrected chi connectivity index (χ1v) is 6.53. The number of nitrogens with zero attached hydrogens (tertiary/aromatic N) is 1. The summed E-state index contributed by atoms with van der Waals surface area (Å²) in [6.07, 6.45) is 0.813. The van der Waals surface area contributed by atoms with E-state index >= 15 is 0 Å². The van der Waals surface area contributed by atoms with Crippen molar-refractivity contribution in [1.29, 1.82) is 0 Å². The van der Waals surface area contributed by atoms with E-state index in [4.69, 9.17) is 4.74 Å². The number of carbonyl (C=O) groups excluding carboxylic acids is 1. The van der Waals surface area contributed by atoms with Crippen LogP contribution >= 0.6 is 15.9 Å². The first-order chi connectivity index (χ1) is 8.52. The molecule has 1 N–H and O–H groups in total. The summed E-state index contributed by atoms with van der Waals surface area (Å²) < 4.78 is 6.38. The van der Waals surface area contributed by atoms with Gasteiger partial charge in [0, 0.05) is 10.2 Å². The van der Waals surface area contributed by atoms with Gasteiger partial charge in [0.2, 0.25) is 0 Å². The van der Waals surface area contributed by atoms with Crippen molar-refractivity contribution >= 4 is 27.5 Å². The number of hydrogen-bond donors (Lipinski definition) is 1. The molecule has 1 aromatic carbocycles. The normalized spacial score (nSPS) is 11.2. The highest BCUT2D eigenvalue weighted by atomic mass is 79.9. The van der Waals surface area contributed by atoms with Crippen molar-refractivity contribution in [2.75, 3.05) is 6.61 Å². The zero-order valence-corrected chi connectivity index (χ0v) is 12.4. The Morgan fingerprint density at radius 1 is 1.50 bits per heavy atom. The fourth-order valence-corrected chi connectivity index (χ4v) is 1.37. The lowest BCUT2D eigenvalue weighted by Gasteiger charge is -2.07. The second-order valence-electron chi connectivity index (χ2n) is 3.94. The predicted octanol–water partition coefficient (Wildman–Crippen LogP) is 3.04. The maximum atomic E-state index is 11.4. The molecule has 0 saturated carbocycles. The molecule has 5 heteroatoms. The molecule has 18 heavy (non-hydrogen) atoms. The van der Waals surface area contributed by atoms with E-state index in [1.54, 1.807) is 0 Å². The van der Waals surface area contributed by atoms with Crippen LogP contribution in [-0.2, 0) is 4.79 Å². The molecule has 0 saturated heterocycles. The summed E-state index contributed by atoms with van der Waals surface area (Å²) in [5, 5.41) is 3.92. The van der Waals surface area contributed by atoms with Crippen molar-refractivity contribution in [2.45, 2.75) is 27.2 Å². The third-order valence-corrected chi connectivity index (χ3v) is 3.27. The Balaban J connectivity index is 2.45. The summed E-state index contributed by atoms with van der Waals surface area (Å²) >= 11 is 3.41. The molecule has 0 bridgehead atoms. The highest BCUT2D eigenvalue weighted by Gasteiger charge is 2.03. The van der Waals surface area contributed by atoms with E-state index < -0.39 is 0 Å². The van der Waals surface area contributed by atoms with Gasteiger partial charge in [-0.3, -0.25) is 4.79 Å². The Hall–Kier alpha value is -1.36. The molecule has 0 aliphatic rings. The van der Waals surface area contributed by atoms with Crippen LogP contribution in [0.2, 0.25) is 0 Å². The Kier molecular flexibility index (Phi) is 5.85. The molecule has 4 nitrogen and oxygen atoms in total. The zero-order chi connectivity index (χ0) is 13.5. The van der Waals surface area contributed by atoms with Crippen LogP contribution in [0.3, 0.4) is 0 Å². The second-order valence-corrected chi connectivity index (χ2v) is 4.79. The van der Waals surface area contributed by atoms with Crippen LogP contribution in [0, 0.1) is 6.92 Å². The van der Waals surface area contributed by atoms with Crippen molar-refractivity contribution in [1.82, 2.24) is 5.43 Å². The number of hydrazone groups is 1. The van der Waals surface area contributed by atoms with E-state index in [1.807, 2.05) is 39.0 Å². The lowest BCUT2D eigenvalue weighted by Crippen LogP contribution is -2.25. The first-order valence-electron chi connectivity index (χ1n) is 5.74. The minimum atomic E-state index is -0.261. The van der Waals surface area contributed by atoms with Crippen LogP contribution in [0.1, 0.15) is 25.8 Å². The van der Waals surface area contributed by atoms with Crippen molar-refractivity contribution in [3.8, 4) is 5.75 Å². The largest absolute Gasteiger partial charge is 0.484 e. The summed E-state index contributed by atoms with van der Waals surface area (Å²) in [7, 11) is 0. The van der Waals surface area contributed by atoms with Gasteiger partial charge in [0.25, 0.3) is 5.91 Å². The van der Waals surface area contributed by atoms with Crippen molar-refractivity contribution in [3.63, 3.8) is 0 Å². The average Bonchev–Trinajstić information content (AvgIpc) is 2.37. The van der Waals surface area contributed by atoms with Crippen molar-refractivity contribution < 1.29 is 9.53 Å². The molecule has 1 rings (SSSR count). The van der Waals surface area contributed by atoms with E-state index in [0.717, 1.165) is 22.2 Å². The van der Waals surface area contributed by atoms with Gasteiger partial charge in [-0.05, 0) is 44.0 Å². The maximum absolute atomic E-state index is 11.4. The fraction of sp³-hybridized carbons (Fsp3) is 0.385. The Bertz CT molecular complexity index is 458. The van der Waals surface area contributed by atoms with E-state index in [1.165, 1.54) is 0 Å². The SMILES string of the molecule is CCC(C)=NNC(=O)COc1ccc(Br)c(C)c1. The molecule has 0 unspecified atom stereocenters. The molecule has 1 amide bonds. The zero-order valence-electron chi connectivity index (χ0n) is 10.8. The van der Waals surface area contributed by atoms with Crippen LogP contribution in [0.25, 0.3) is 0 Å². The molecular weight excluding hydrogens is 296 g/mol. The molecule has 0 radical (unpaired) electrons. The van der Waals surface area contributed by atoms with Gasteiger partial charge in [0.05, 0.1) is 0 Å². The standard InChI is InChI=1S/C13H17BrN2O2/c1-4-10(3)15-16-13(17)8-18-11-5-6-12(14)9(2)7-11/h5-7H,4,8H2,1-3H3,(H,16,17). The van der Waals surface area contributed by atoms with Crippen molar-refractivity contribution in [3.05, 3.63) is 28.2 Å². The number of amides is 1. The van der Waals surface area contributed by atoms with Crippen LogP contribution in [0.15, 0.2) is 27.8 Å². The minimum absolute atomic E-state index is 0.0401. The summed E-state index contributed by atoms with van der Waals surface area (Å²) in [6.45, 7) is 5.76. The van der Waals surface area contributed by atoms with Gasteiger partial charge in [-0.25, -0.2) is 5.43 Å². The second kappa shape index (κ2) is 7.16. The van der Waals surface area contributed by atoms with Crippen LogP contribution in [0.5, 0.6) is 5.75 Å². The molecule has 0 atom stereocenters. The summed E-state index contributed by atoms with van der Waals surface area (Å²) in [5.74, 6) is 0.408. The number of carbonyl (C=O) groups is 1. The van der Waals surface area contributed by atoms with Crippen molar-refractivity contribution in [2.24, 2.45) is 5.10 Å². The summed E-state index contributed by atoms with van der Waals surface area (Å²) in [4.78, 5) is 11.4. The number of hydrogen-bond acceptors (Lipinski definition) is 3. The molecule has 0 aliphatic heterocycles. The number of benzene rings is 1. The lowest BCUT2D eigenvalue weighted by atomic mass is 10.2. The smallest absolute Gasteiger partial charge is 0.277 e.